The van der Waals surface area contributed by atoms with E-state index in [4.69, 9.17) is 8.92 Å². The van der Waals surface area contributed by atoms with Gasteiger partial charge in [0.1, 0.15) is 23.9 Å². The average Bonchev–Trinajstić information content (AvgIpc) is 3.84. The van der Waals surface area contributed by atoms with Crippen LogP contribution in [0.5, 0.6) is 5.75 Å². The fraction of sp³-hybridized carbons (Fsp3) is 0.265. The summed E-state index contributed by atoms with van der Waals surface area (Å²) in [6.07, 6.45) is 7.53. The molecule has 0 saturated carbocycles. The molecule has 1 saturated heterocycles. The average molecular weight is 715 g/mol. The number of aromatic amines is 1. The van der Waals surface area contributed by atoms with E-state index in [0.717, 1.165) is 18.4 Å². The Morgan fingerprint density at radius 1 is 1.08 bits per heavy atom. The number of nitrogens with one attached hydrogen (secondary N) is 3. The van der Waals surface area contributed by atoms with E-state index in [0.29, 0.717) is 29.1 Å². The van der Waals surface area contributed by atoms with Gasteiger partial charge < -0.3 is 29.6 Å². The van der Waals surface area contributed by atoms with Gasteiger partial charge in [-0.3, -0.25) is 14.4 Å². The summed E-state index contributed by atoms with van der Waals surface area (Å²) in [5.74, 6) is -2.37. The van der Waals surface area contributed by atoms with Crippen molar-refractivity contribution in [2.45, 2.75) is 31.0 Å². The number of hydrogen-bond acceptors (Lipinski definition) is 12. The van der Waals surface area contributed by atoms with Crippen LogP contribution in [0.1, 0.15) is 33.0 Å². The SMILES string of the molecule is CS(=O)(=O)Oc1cc(C(=O)N[C@@H](Cc2ccccc2)[C@H](O)C(=O)Nc2cccc(-c3nn[nH]n3)c2)nc(C(=O)N2COCC2[C@@H]2C=CC=CC2)c1. The molecule has 1 aliphatic heterocycles. The number of tetrazole rings is 1. The van der Waals surface area contributed by atoms with Crippen molar-refractivity contribution in [1.29, 1.82) is 0 Å². The van der Waals surface area contributed by atoms with E-state index < -0.39 is 40.0 Å². The maximum absolute atomic E-state index is 13.8. The van der Waals surface area contributed by atoms with Crippen LogP contribution < -0.4 is 14.8 Å². The highest BCUT2D eigenvalue weighted by Crippen LogP contribution is 2.27. The number of carbonyl (C=O) groups is 3. The molecule has 3 heterocycles. The number of ether oxygens (including phenoxy) is 1. The Hall–Kier alpha value is -5.78. The summed E-state index contributed by atoms with van der Waals surface area (Å²) < 4.78 is 34.9. The van der Waals surface area contributed by atoms with Gasteiger partial charge in [-0.25, -0.2) is 4.98 Å². The van der Waals surface area contributed by atoms with Crippen molar-refractivity contribution < 1.29 is 36.8 Å². The van der Waals surface area contributed by atoms with Gasteiger partial charge in [-0.1, -0.05) is 66.8 Å². The molecule has 51 heavy (non-hydrogen) atoms. The van der Waals surface area contributed by atoms with Gasteiger partial charge in [0.25, 0.3) is 17.7 Å². The van der Waals surface area contributed by atoms with E-state index in [1.165, 1.54) is 4.90 Å². The normalized spacial score (nSPS) is 18.2. The lowest BCUT2D eigenvalue weighted by molar-refractivity contribution is -0.125. The largest absolute Gasteiger partial charge is 0.382 e. The molecule has 0 radical (unpaired) electrons. The lowest BCUT2D eigenvalue weighted by atomic mass is 9.92. The van der Waals surface area contributed by atoms with E-state index in [1.54, 1.807) is 54.6 Å². The summed E-state index contributed by atoms with van der Waals surface area (Å²) >= 11 is 0. The highest BCUT2D eigenvalue weighted by molar-refractivity contribution is 7.86. The monoisotopic (exact) mass is 714 g/mol. The second kappa shape index (κ2) is 15.4. The maximum Gasteiger partial charge on any atom is 0.306 e. The first kappa shape index (κ1) is 35.1. The molecule has 3 amide bonds. The Bertz CT molecular complexity index is 2060. The molecular formula is C34H34N8O8S. The van der Waals surface area contributed by atoms with Crippen LogP contribution in [-0.2, 0) is 26.1 Å². The number of benzene rings is 2. The van der Waals surface area contributed by atoms with E-state index in [-0.39, 0.29) is 48.9 Å². The molecule has 1 unspecified atom stereocenters. The third-order valence-corrected chi connectivity index (χ3v) is 8.68. The van der Waals surface area contributed by atoms with Crippen molar-refractivity contribution in [3.8, 4) is 17.1 Å². The van der Waals surface area contributed by atoms with Gasteiger partial charge in [0.05, 0.1) is 24.9 Å². The number of rotatable bonds is 12. The Balaban J connectivity index is 1.26. The lowest BCUT2D eigenvalue weighted by Crippen LogP contribution is -2.50. The number of hydrogen-bond donors (Lipinski definition) is 4. The first-order valence-electron chi connectivity index (χ1n) is 15.9. The third-order valence-electron chi connectivity index (χ3n) is 8.18. The minimum Gasteiger partial charge on any atom is -0.382 e. The zero-order valence-corrected chi connectivity index (χ0v) is 28.1. The van der Waals surface area contributed by atoms with Crippen LogP contribution in [0.15, 0.2) is 91.0 Å². The van der Waals surface area contributed by atoms with Crippen molar-refractivity contribution >= 4 is 33.5 Å². The van der Waals surface area contributed by atoms with Crippen molar-refractivity contribution in [1.82, 2.24) is 35.8 Å². The molecule has 2 aromatic carbocycles. The van der Waals surface area contributed by atoms with Crippen LogP contribution >= 0.6 is 0 Å². The summed E-state index contributed by atoms with van der Waals surface area (Å²) in [6.45, 7) is 0.250. The zero-order valence-electron chi connectivity index (χ0n) is 27.2. The summed E-state index contributed by atoms with van der Waals surface area (Å²) in [5, 5.41) is 30.4. The fourth-order valence-corrected chi connectivity index (χ4v) is 6.22. The molecule has 0 spiro atoms. The predicted molar refractivity (Wildman–Crippen MR) is 183 cm³/mol. The highest BCUT2D eigenvalue weighted by atomic mass is 32.2. The number of allylic oxidation sites excluding steroid dienone is 3. The van der Waals surface area contributed by atoms with Crippen LogP contribution in [0.2, 0.25) is 0 Å². The smallest absolute Gasteiger partial charge is 0.306 e. The third kappa shape index (κ3) is 8.88. The predicted octanol–water partition coefficient (Wildman–Crippen LogP) is 1.87. The first-order valence-corrected chi connectivity index (χ1v) is 17.7. The quantitative estimate of drug-likeness (QED) is 0.155. The number of aliphatic hydroxyl groups excluding tert-OH is 1. The number of nitrogens with zero attached hydrogens (tertiary/aromatic N) is 5. The standard InChI is InChI=1S/C34H34N8O8S/c1-51(47,48)50-25-17-27(36-28(18-25)34(46)42-20-49-19-29(42)22-11-6-3-7-12-22)32(44)37-26(15-21-9-4-2-5-10-21)30(43)33(45)35-24-14-8-13-23(16-24)31-38-40-41-39-31/h2-11,13-14,16-18,22,26,29-30,43H,12,15,19-20H2,1H3,(H,35,45)(H,37,44)(H,38,39,40,41)/t22-,26+,29?,30+/m1/s1. The van der Waals surface area contributed by atoms with Crippen molar-refractivity contribution in [3.63, 3.8) is 0 Å². The number of aromatic nitrogens is 5. The van der Waals surface area contributed by atoms with Crippen LogP contribution in [-0.4, -0.2) is 99.5 Å². The van der Waals surface area contributed by atoms with Crippen LogP contribution in [0.25, 0.3) is 11.4 Å². The summed E-state index contributed by atoms with van der Waals surface area (Å²) in [5.41, 5.74) is 0.933. The van der Waals surface area contributed by atoms with Gasteiger partial charge in [0, 0.05) is 29.3 Å². The molecule has 2 aromatic heterocycles. The number of H-pyrrole nitrogens is 1. The van der Waals surface area contributed by atoms with Crippen LogP contribution in [0, 0.1) is 5.92 Å². The fourth-order valence-electron chi connectivity index (χ4n) is 5.78. The molecular weight excluding hydrogens is 680 g/mol. The number of amides is 3. The molecule has 0 bridgehead atoms. The van der Waals surface area contributed by atoms with Gasteiger partial charge in [0.15, 0.2) is 6.10 Å². The Kier molecular flexibility index (Phi) is 10.6. The molecule has 16 nitrogen and oxygen atoms in total. The summed E-state index contributed by atoms with van der Waals surface area (Å²) in [4.78, 5) is 46.8. The molecule has 6 rings (SSSR count). The van der Waals surface area contributed by atoms with Crippen LogP contribution in [0.3, 0.4) is 0 Å². The Morgan fingerprint density at radius 3 is 2.61 bits per heavy atom. The van der Waals surface area contributed by atoms with Gasteiger partial charge in [0.2, 0.25) is 5.82 Å². The van der Waals surface area contributed by atoms with Gasteiger partial charge >= 0.3 is 10.1 Å². The minimum atomic E-state index is -4.08. The first-order chi connectivity index (χ1) is 24.5. The second-order valence-corrected chi connectivity index (χ2v) is 13.5. The lowest BCUT2D eigenvalue weighted by Gasteiger charge is -2.28. The van der Waals surface area contributed by atoms with Crippen LogP contribution in [0.4, 0.5) is 5.69 Å². The molecule has 2 aliphatic rings. The summed E-state index contributed by atoms with van der Waals surface area (Å²) in [7, 11) is -4.08. The molecule has 4 aromatic rings. The molecule has 1 aliphatic carbocycles. The number of pyridine rings is 1. The second-order valence-electron chi connectivity index (χ2n) is 11.9. The van der Waals surface area contributed by atoms with Gasteiger partial charge in [-0.15, -0.1) is 10.2 Å². The van der Waals surface area contributed by atoms with Crippen molar-refractivity contribution in [3.05, 3.63) is 108 Å². The number of anilines is 1. The van der Waals surface area contributed by atoms with Crippen molar-refractivity contribution in [2.75, 3.05) is 24.9 Å². The van der Waals surface area contributed by atoms with E-state index in [9.17, 15) is 27.9 Å². The summed E-state index contributed by atoms with van der Waals surface area (Å²) in [6, 6.07) is 16.1. The Labute approximate surface area is 292 Å². The molecule has 1 fully saturated rings. The van der Waals surface area contributed by atoms with Gasteiger partial charge in [-0.2, -0.15) is 13.6 Å². The zero-order chi connectivity index (χ0) is 36.0. The topological polar surface area (TPSA) is 219 Å². The van der Waals surface area contributed by atoms with Gasteiger partial charge in [-0.05, 0) is 35.8 Å². The maximum atomic E-state index is 13.8. The molecule has 4 atom stereocenters. The molecule has 264 valence electrons. The van der Waals surface area contributed by atoms with E-state index >= 15 is 0 Å². The van der Waals surface area contributed by atoms with E-state index in [2.05, 4.69) is 36.2 Å². The number of carbonyl (C=O) groups excluding carboxylic acids is 3. The highest BCUT2D eigenvalue weighted by Gasteiger charge is 2.36. The Morgan fingerprint density at radius 2 is 1.88 bits per heavy atom. The number of aliphatic hydroxyl groups is 1. The molecule has 17 heteroatoms. The minimum absolute atomic E-state index is 0.0194. The van der Waals surface area contributed by atoms with Crippen molar-refractivity contribution in [2.24, 2.45) is 5.92 Å². The molecule has 4 N–H and O–H groups in total. The van der Waals surface area contributed by atoms with E-state index in [1.807, 2.05) is 24.3 Å².